The minimum absolute atomic E-state index is 0.136. The predicted octanol–water partition coefficient (Wildman–Crippen LogP) is 12.3. The van der Waals surface area contributed by atoms with Crippen LogP contribution >= 0.6 is 0 Å². The maximum Gasteiger partial charge on any atom is 0.296 e. The van der Waals surface area contributed by atoms with Crippen molar-refractivity contribution in [2.75, 3.05) is 0 Å². The molecule has 0 spiro atoms. The standard InChI is InChI=1S/C48H37N11O13S4/c1-25-17-31(9-14-37(25)51-49-30-10-15-38(26(2)18-30)52-53-39-16-12-33(73(61,62)63)23-44(39)75(67,68)69)50-54-40-19-28(4)41(20-27(40)3)55-56-47-45(76(70,71)72)22-29-21-32(11-13-34(29)48(47)60)59-57-42-24-43(74(64,65)66)35-7-5-6-8-36(35)46(42)58-59/h5-24,60H,1-4H3,(H,61,62,63)(H,64,65,66)(H,67,68,69)(H,70,71,72). The number of phenolic OH excluding ortho intramolecular Hbond substituents is 1. The third-order valence-electron chi connectivity index (χ3n) is 11.6. The summed E-state index contributed by atoms with van der Waals surface area (Å²) >= 11 is 0. The second-order valence-corrected chi connectivity index (χ2v) is 22.5. The molecule has 0 unspecified atom stereocenters. The number of aryl methyl sites for hydroxylation is 4. The monoisotopic (exact) mass is 1100 g/mol. The Bertz CT molecular complexity index is 4550. The highest BCUT2D eigenvalue weighted by molar-refractivity contribution is 7.87. The van der Waals surface area contributed by atoms with E-state index in [0.29, 0.717) is 67.7 Å². The molecule has 8 aromatic carbocycles. The van der Waals surface area contributed by atoms with E-state index in [2.05, 4.69) is 51.1 Å². The van der Waals surface area contributed by atoms with E-state index in [1.54, 1.807) is 88.4 Å². The van der Waals surface area contributed by atoms with Crippen LogP contribution < -0.4 is 0 Å². The number of aromatic hydroxyl groups is 1. The molecule has 24 nitrogen and oxygen atoms in total. The van der Waals surface area contributed by atoms with E-state index < -0.39 is 66.6 Å². The van der Waals surface area contributed by atoms with Gasteiger partial charge in [-0.2, -0.15) is 69.2 Å². The smallest absolute Gasteiger partial charge is 0.296 e. The fourth-order valence-corrected chi connectivity index (χ4v) is 10.4. The van der Waals surface area contributed by atoms with Gasteiger partial charge in [-0.25, -0.2) is 0 Å². The molecule has 0 amide bonds. The van der Waals surface area contributed by atoms with Crippen LogP contribution in [-0.4, -0.2) is 72.0 Å². The van der Waals surface area contributed by atoms with Crippen molar-refractivity contribution in [3.05, 3.63) is 144 Å². The highest BCUT2D eigenvalue weighted by Gasteiger charge is 2.25. The third-order valence-corrected chi connectivity index (χ3v) is 15.1. The molecule has 0 aliphatic carbocycles. The van der Waals surface area contributed by atoms with E-state index >= 15 is 0 Å². The highest BCUT2D eigenvalue weighted by atomic mass is 32.2. The van der Waals surface area contributed by atoms with Gasteiger partial charge in [0, 0.05) is 16.2 Å². The SMILES string of the molecule is Cc1cc(N=Nc2cc(C)c(N=Nc3c(S(=O)(=O)O)cc4cc(-n5nc6cc(S(=O)(=O)O)c7ccccc7c6n5)ccc4c3O)cc2C)ccc1N=Nc1ccc(N=Nc2ccc(S(=O)(=O)O)cc2S(=O)(=O)O)c(C)c1. The minimum atomic E-state index is -5.01. The van der Waals surface area contributed by atoms with Crippen molar-refractivity contribution in [1.82, 2.24) is 15.0 Å². The number of nitrogens with zero attached hydrogens (tertiary/aromatic N) is 11. The number of hydrogen-bond acceptors (Lipinski definition) is 19. The van der Waals surface area contributed by atoms with E-state index in [1.807, 2.05) is 0 Å². The average molecular weight is 1100 g/mol. The molecule has 0 fully saturated rings. The van der Waals surface area contributed by atoms with E-state index in [4.69, 9.17) is 0 Å². The Balaban J connectivity index is 0.911. The van der Waals surface area contributed by atoms with Crippen LogP contribution in [-0.2, 0) is 40.5 Å². The summed E-state index contributed by atoms with van der Waals surface area (Å²) in [7, 11) is -19.4. The summed E-state index contributed by atoms with van der Waals surface area (Å²) in [5, 5.41) is 54.9. The second-order valence-electron chi connectivity index (χ2n) is 17.0. The lowest BCUT2D eigenvalue weighted by molar-refractivity contribution is 0.472. The molecule has 0 bridgehead atoms. The molecule has 0 aliphatic heterocycles. The van der Waals surface area contributed by atoms with E-state index in [-0.39, 0.29) is 43.6 Å². The van der Waals surface area contributed by atoms with Gasteiger partial charge in [0.15, 0.2) is 5.75 Å². The first-order valence-corrected chi connectivity index (χ1v) is 27.6. The summed E-state index contributed by atoms with van der Waals surface area (Å²) in [6.45, 7) is 6.94. The third kappa shape index (κ3) is 10.9. The summed E-state index contributed by atoms with van der Waals surface area (Å²) in [6.07, 6.45) is 0. The molecular weight excluding hydrogens is 1070 g/mol. The second kappa shape index (κ2) is 19.7. The molecule has 386 valence electrons. The number of hydrogen-bond donors (Lipinski definition) is 5. The average Bonchev–Trinajstić information content (AvgIpc) is 3.79. The zero-order valence-electron chi connectivity index (χ0n) is 39.6. The van der Waals surface area contributed by atoms with Crippen LogP contribution in [0.1, 0.15) is 22.3 Å². The first kappa shape index (κ1) is 52.4. The van der Waals surface area contributed by atoms with Crippen LogP contribution in [0.4, 0.5) is 45.5 Å². The van der Waals surface area contributed by atoms with Gasteiger partial charge in [0.05, 0.1) is 44.7 Å². The van der Waals surface area contributed by atoms with Gasteiger partial charge < -0.3 is 5.11 Å². The normalized spacial score (nSPS) is 13.0. The topological polar surface area (TPSA) is 367 Å². The number of aromatic nitrogens is 3. The van der Waals surface area contributed by atoms with Gasteiger partial charge >= 0.3 is 0 Å². The lowest BCUT2D eigenvalue weighted by atomic mass is 10.1. The number of fused-ring (bicyclic) bond motifs is 4. The quantitative estimate of drug-likeness (QED) is 0.0529. The summed E-state index contributed by atoms with van der Waals surface area (Å²) in [4.78, 5) is -1.56. The Morgan fingerprint density at radius 3 is 1.50 bits per heavy atom. The van der Waals surface area contributed by atoms with Gasteiger partial charge in [0.1, 0.15) is 37.1 Å². The first-order valence-electron chi connectivity index (χ1n) is 21.9. The van der Waals surface area contributed by atoms with Gasteiger partial charge in [-0.05, 0) is 152 Å². The van der Waals surface area contributed by atoms with E-state index in [1.165, 1.54) is 41.2 Å². The van der Waals surface area contributed by atoms with Gasteiger partial charge in [0.2, 0.25) is 0 Å². The van der Waals surface area contributed by atoms with Crippen molar-refractivity contribution in [3.63, 3.8) is 0 Å². The van der Waals surface area contributed by atoms with Crippen molar-refractivity contribution in [2.24, 2.45) is 40.9 Å². The van der Waals surface area contributed by atoms with Crippen LogP contribution in [0, 0.1) is 27.7 Å². The fourth-order valence-electron chi connectivity index (χ4n) is 7.81. The Morgan fingerprint density at radius 2 is 0.934 bits per heavy atom. The summed E-state index contributed by atoms with van der Waals surface area (Å²) in [5.41, 5.74) is 4.74. The molecule has 28 heteroatoms. The number of benzene rings is 8. The zero-order valence-corrected chi connectivity index (χ0v) is 42.9. The van der Waals surface area contributed by atoms with Crippen molar-refractivity contribution < 1.29 is 57.0 Å². The van der Waals surface area contributed by atoms with Crippen LogP contribution in [0.3, 0.4) is 0 Å². The molecule has 9 aromatic rings. The molecule has 1 aromatic heterocycles. The Morgan fingerprint density at radius 1 is 0.421 bits per heavy atom. The Hall–Kier alpha value is -8.48. The fraction of sp³-hybridized carbons (Fsp3) is 0.0833. The molecule has 0 aliphatic rings. The van der Waals surface area contributed by atoms with Gasteiger partial charge in [-0.3, -0.25) is 18.2 Å². The van der Waals surface area contributed by atoms with Gasteiger partial charge in [-0.15, -0.1) is 20.4 Å². The number of azo groups is 4. The molecular formula is C48H37N11O13S4. The molecule has 9 rings (SSSR count). The molecule has 0 radical (unpaired) electrons. The summed E-state index contributed by atoms with van der Waals surface area (Å²) in [5.74, 6) is -0.605. The summed E-state index contributed by atoms with van der Waals surface area (Å²) in [6, 6.07) is 28.8. The lowest BCUT2D eigenvalue weighted by Crippen LogP contribution is -2.03. The van der Waals surface area contributed by atoms with Crippen molar-refractivity contribution in [1.29, 1.82) is 0 Å². The maximum absolute atomic E-state index is 12.8. The largest absolute Gasteiger partial charge is 0.505 e. The van der Waals surface area contributed by atoms with Crippen molar-refractivity contribution >= 4 is 119 Å². The van der Waals surface area contributed by atoms with Gasteiger partial charge in [0.25, 0.3) is 40.5 Å². The molecule has 0 saturated carbocycles. The number of phenols is 1. The Labute approximate surface area is 431 Å². The molecule has 0 atom stereocenters. The van der Waals surface area contributed by atoms with Crippen molar-refractivity contribution in [3.8, 4) is 11.4 Å². The van der Waals surface area contributed by atoms with Crippen LogP contribution in [0.2, 0.25) is 0 Å². The van der Waals surface area contributed by atoms with Gasteiger partial charge in [-0.1, -0.05) is 24.3 Å². The molecule has 5 N–H and O–H groups in total. The molecule has 76 heavy (non-hydrogen) atoms. The van der Waals surface area contributed by atoms with Crippen LogP contribution in [0.15, 0.2) is 182 Å². The Kier molecular flexibility index (Phi) is 13.6. The van der Waals surface area contributed by atoms with E-state index in [9.17, 15) is 57.0 Å². The van der Waals surface area contributed by atoms with Crippen LogP contribution in [0.25, 0.3) is 38.3 Å². The molecule has 0 saturated heterocycles. The predicted molar refractivity (Wildman–Crippen MR) is 276 cm³/mol. The molecule has 1 heterocycles. The van der Waals surface area contributed by atoms with Crippen molar-refractivity contribution in [2.45, 2.75) is 47.3 Å². The zero-order chi connectivity index (χ0) is 54.6. The van der Waals surface area contributed by atoms with E-state index in [0.717, 1.165) is 18.2 Å². The minimum Gasteiger partial charge on any atom is -0.505 e. The highest BCUT2D eigenvalue weighted by Crippen LogP contribution is 2.43. The lowest BCUT2D eigenvalue weighted by Gasteiger charge is -2.10. The summed E-state index contributed by atoms with van der Waals surface area (Å²) < 4.78 is 136. The maximum atomic E-state index is 12.8. The first-order chi connectivity index (χ1) is 35.7. The number of rotatable bonds is 13. The van der Waals surface area contributed by atoms with Crippen LogP contribution in [0.5, 0.6) is 5.75 Å².